The fraction of sp³-hybridized carbons (Fsp3) is 0.250. The smallest absolute Gasteiger partial charge is 0.312 e. The maximum atomic E-state index is 11.4. The van der Waals surface area contributed by atoms with Gasteiger partial charge in [-0.1, -0.05) is 0 Å². The molecule has 1 rings (SSSR count). The zero-order valence-corrected chi connectivity index (χ0v) is 9.14. The number of nitrogens with two attached hydrogens (primary N) is 1. The van der Waals surface area contributed by atoms with Crippen LogP contribution in [0.1, 0.15) is 10.5 Å². The average Bonchev–Trinajstić information content (AvgIpc) is 2.86. The van der Waals surface area contributed by atoms with Crippen LogP contribution in [-0.4, -0.2) is 45.6 Å². The second-order valence-corrected chi connectivity index (χ2v) is 3.15. The van der Waals surface area contributed by atoms with E-state index in [1.54, 1.807) is 0 Å². The predicted octanol–water partition coefficient (Wildman–Crippen LogP) is -2.80. The lowest BCUT2D eigenvalue weighted by molar-refractivity contribution is -0.124. The highest BCUT2D eigenvalue weighted by Crippen LogP contribution is 1.89. The third kappa shape index (κ3) is 3.75. The van der Waals surface area contributed by atoms with E-state index in [0.29, 0.717) is 0 Å². The normalized spacial score (nSPS) is 11.4. The number of nitrogens with zero attached hydrogens (tertiary/aromatic N) is 1. The maximum absolute atomic E-state index is 11.4. The van der Waals surface area contributed by atoms with Gasteiger partial charge in [-0.05, 0) is 0 Å². The van der Waals surface area contributed by atoms with Gasteiger partial charge in [0.2, 0.25) is 0 Å². The van der Waals surface area contributed by atoms with Crippen LogP contribution >= 0.6 is 0 Å². The summed E-state index contributed by atoms with van der Waals surface area (Å²) in [5.74, 6) is -1.44. The van der Waals surface area contributed by atoms with Crippen LogP contribution < -0.4 is 21.9 Å². The van der Waals surface area contributed by atoms with Gasteiger partial charge in [-0.25, -0.2) is 9.78 Å². The first-order valence-corrected chi connectivity index (χ1v) is 4.80. The molecule has 1 unspecified atom stereocenters. The number of amides is 4. The van der Waals surface area contributed by atoms with Gasteiger partial charge in [0.25, 0.3) is 11.8 Å². The summed E-state index contributed by atoms with van der Waals surface area (Å²) in [6.07, 6.45) is 2.55. The molecule has 0 bridgehead atoms. The second-order valence-electron chi connectivity index (χ2n) is 3.15. The van der Waals surface area contributed by atoms with Crippen LogP contribution in [0.4, 0.5) is 4.79 Å². The summed E-state index contributed by atoms with van der Waals surface area (Å²) in [5.41, 5.74) is 9.01. The Morgan fingerprint density at radius 3 is 2.67 bits per heavy atom. The molecule has 4 amide bonds. The molecule has 0 saturated carbocycles. The number of hydrogen-bond acceptors (Lipinski definition) is 5. The molecule has 98 valence electrons. The number of urea groups is 1. The van der Waals surface area contributed by atoms with Crippen LogP contribution in [0.25, 0.3) is 0 Å². The Balaban J connectivity index is 2.44. The average molecular weight is 256 g/mol. The molecule has 0 aliphatic heterocycles. The number of aliphatic hydroxyl groups excluding tert-OH is 1. The molecular formula is C8H12N6O4. The van der Waals surface area contributed by atoms with Crippen molar-refractivity contribution in [2.75, 3.05) is 6.61 Å². The van der Waals surface area contributed by atoms with Gasteiger partial charge < -0.3 is 21.1 Å². The Bertz CT molecular complexity index is 431. The molecule has 0 spiro atoms. The largest absolute Gasteiger partial charge is 0.394 e. The van der Waals surface area contributed by atoms with Crippen molar-refractivity contribution in [3.8, 4) is 0 Å². The maximum Gasteiger partial charge on any atom is 0.312 e. The zero-order chi connectivity index (χ0) is 13.5. The predicted molar refractivity (Wildman–Crippen MR) is 57.8 cm³/mol. The Morgan fingerprint density at radius 1 is 1.44 bits per heavy atom. The van der Waals surface area contributed by atoms with Crippen LogP contribution in [-0.2, 0) is 4.79 Å². The summed E-state index contributed by atoms with van der Waals surface area (Å²) in [6, 6.07) is -2.21. The van der Waals surface area contributed by atoms with E-state index in [0.717, 1.165) is 0 Å². The van der Waals surface area contributed by atoms with Crippen molar-refractivity contribution in [1.82, 2.24) is 26.1 Å². The van der Waals surface area contributed by atoms with E-state index in [-0.39, 0.29) is 5.69 Å². The van der Waals surface area contributed by atoms with Gasteiger partial charge in [-0.3, -0.25) is 20.4 Å². The molecule has 10 nitrogen and oxygen atoms in total. The number of aliphatic hydroxyl groups is 1. The van der Waals surface area contributed by atoms with E-state index in [9.17, 15) is 14.4 Å². The number of hydrazine groups is 1. The van der Waals surface area contributed by atoms with E-state index in [1.807, 2.05) is 10.7 Å². The van der Waals surface area contributed by atoms with Crippen LogP contribution in [0.2, 0.25) is 0 Å². The molecule has 0 aliphatic carbocycles. The second kappa shape index (κ2) is 6.20. The first kappa shape index (κ1) is 13.4. The van der Waals surface area contributed by atoms with Crippen molar-refractivity contribution in [3.05, 3.63) is 18.2 Å². The van der Waals surface area contributed by atoms with Crippen molar-refractivity contribution < 1.29 is 19.5 Å². The number of nitrogens with one attached hydrogen (secondary N) is 4. The number of H-pyrrole nitrogens is 1. The SMILES string of the molecule is NC(=O)NC(CO)C(=O)NNC(=O)c1cnc[nH]1. The minimum absolute atomic E-state index is 0.138. The van der Waals surface area contributed by atoms with Crippen LogP contribution in [0.3, 0.4) is 0 Å². The highest BCUT2D eigenvalue weighted by molar-refractivity contribution is 5.94. The highest BCUT2D eigenvalue weighted by atomic mass is 16.3. The molecule has 1 aromatic heterocycles. The molecule has 0 saturated heterocycles. The number of aromatic amines is 1. The molecule has 0 aliphatic rings. The van der Waals surface area contributed by atoms with Gasteiger partial charge in [0.05, 0.1) is 19.1 Å². The summed E-state index contributed by atoms with van der Waals surface area (Å²) < 4.78 is 0. The van der Waals surface area contributed by atoms with Crippen molar-refractivity contribution in [3.63, 3.8) is 0 Å². The molecule has 10 heteroatoms. The number of aromatic nitrogens is 2. The van der Waals surface area contributed by atoms with E-state index in [4.69, 9.17) is 10.8 Å². The van der Waals surface area contributed by atoms with E-state index >= 15 is 0 Å². The molecular weight excluding hydrogens is 244 g/mol. The topological polar surface area (TPSA) is 162 Å². The lowest BCUT2D eigenvalue weighted by Crippen LogP contribution is -2.54. The number of carbonyl (C=O) groups is 3. The lowest BCUT2D eigenvalue weighted by Gasteiger charge is -2.14. The molecule has 18 heavy (non-hydrogen) atoms. The first-order valence-electron chi connectivity index (χ1n) is 4.80. The highest BCUT2D eigenvalue weighted by Gasteiger charge is 2.19. The first-order chi connectivity index (χ1) is 8.54. The fourth-order valence-electron chi connectivity index (χ4n) is 1.02. The van der Waals surface area contributed by atoms with Crippen LogP contribution in [0, 0.1) is 0 Å². The molecule has 1 atom stereocenters. The Kier molecular flexibility index (Phi) is 4.63. The Morgan fingerprint density at radius 2 is 2.17 bits per heavy atom. The van der Waals surface area contributed by atoms with Crippen molar-refractivity contribution in [1.29, 1.82) is 0 Å². The minimum atomic E-state index is -1.25. The zero-order valence-electron chi connectivity index (χ0n) is 9.14. The standard InChI is InChI=1S/C8H12N6O4/c9-8(18)12-5(2-15)7(17)14-13-6(16)4-1-10-3-11-4/h1,3,5,15H,2H2,(H,10,11)(H,13,16)(H,14,17)(H3,9,12,18). The lowest BCUT2D eigenvalue weighted by atomic mass is 10.3. The van der Waals surface area contributed by atoms with Crippen LogP contribution in [0.15, 0.2) is 12.5 Å². The van der Waals surface area contributed by atoms with Crippen molar-refractivity contribution in [2.45, 2.75) is 6.04 Å². The molecule has 0 aromatic carbocycles. The summed E-state index contributed by atoms with van der Waals surface area (Å²) in [6.45, 7) is -0.658. The number of imidazole rings is 1. The van der Waals surface area contributed by atoms with Gasteiger partial charge >= 0.3 is 6.03 Å². The third-order valence-corrected chi connectivity index (χ3v) is 1.86. The van der Waals surface area contributed by atoms with Gasteiger partial charge in [0.15, 0.2) is 0 Å². The quantitative estimate of drug-likeness (QED) is 0.320. The van der Waals surface area contributed by atoms with E-state index < -0.39 is 30.5 Å². The van der Waals surface area contributed by atoms with Crippen molar-refractivity contribution >= 4 is 17.8 Å². The van der Waals surface area contributed by atoms with Gasteiger partial charge in [0, 0.05) is 0 Å². The summed E-state index contributed by atoms with van der Waals surface area (Å²) in [7, 11) is 0. The number of carbonyl (C=O) groups excluding carboxylic acids is 3. The molecule has 1 aromatic rings. The fourth-order valence-corrected chi connectivity index (χ4v) is 1.02. The van der Waals surface area contributed by atoms with E-state index in [2.05, 4.69) is 15.4 Å². The molecule has 1 heterocycles. The Hall–Kier alpha value is -2.62. The number of rotatable bonds is 4. The molecule has 0 radical (unpaired) electrons. The monoisotopic (exact) mass is 256 g/mol. The van der Waals surface area contributed by atoms with Crippen molar-refractivity contribution in [2.24, 2.45) is 5.73 Å². The summed E-state index contributed by atoms with van der Waals surface area (Å²) >= 11 is 0. The number of primary amides is 1. The van der Waals surface area contributed by atoms with Gasteiger partial charge in [-0.15, -0.1) is 0 Å². The van der Waals surface area contributed by atoms with E-state index in [1.165, 1.54) is 12.5 Å². The Labute approximate surface area is 101 Å². The summed E-state index contributed by atoms with van der Waals surface area (Å²) in [5, 5.41) is 10.8. The number of hydrogen-bond donors (Lipinski definition) is 6. The minimum Gasteiger partial charge on any atom is -0.394 e. The molecule has 0 fully saturated rings. The molecule has 7 N–H and O–H groups in total. The summed E-state index contributed by atoms with van der Waals surface area (Å²) in [4.78, 5) is 39.4. The van der Waals surface area contributed by atoms with Crippen LogP contribution in [0.5, 0.6) is 0 Å². The van der Waals surface area contributed by atoms with Gasteiger partial charge in [0.1, 0.15) is 11.7 Å². The third-order valence-electron chi connectivity index (χ3n) is 1.86. The van der Waals surface area contributed by atoms with Gasteiger partial charge in [-0.2, -0.15) is 0 Å².